The van der Waals surface area contributed by atoms with Crippen molar-refractivity contribution >= 4 is 46.5 Å². The van der Waals surface area contributed by atoms with Crippen molar-refractivity contribution in [3.63, 3.8) is 0 Å². The number of nitrogens with zero attached hydrogens (tertiary/aromatic N) is 2. The van der Waals surface area contributed by atoms with Gasteiger partial charge in [0.25, 0.3) is 5.91 Å². The Balaban J connectivity index is 1.52. The van der Waals surface area contributed by atoms with Gasteiger partial charge in [0.2, 0.25) is 16.7 Å². The fourth-order valence-corrected chi connectivity index (χ4v) is 6.64. The Hall–Kier alpha value is -3.58. The van der Waals surface area contributed by atoms with Crippen LogP contribution in [-0.4, -0.2) is 30.0 Å². The highest BCUT2D eigenvalue weighted by atomic mass is 32.2. The van der Waals surface area contributed by atoms with Gasteiger partial charge in [-0.25, -0.2) is 0 Å². The van der Waals surface area contributed by atoms with Crippen LogP contribution in [0, 0.1) is 34.6 Å². The fourth-order valence-electron chi connectivity index (χ4n) is 5.28. The van der Waals surface area contributed by atoms with Gasteiger partial charge in [-0.15, -0.1) is 11.8 Å². The Morgan fingerprint density at radius 2 is 1.61 bits per heavy atom. The van der Waals surface area contributed by atoms with Crippen molar-refractivity contribution in [1.82, 2.24) is 0 Å². The highest BCUT2D eigenvalue weighted by molar-refractivity contribution is 8.02. The number of para-hydroxylation sites is 1. The summed E-state index contributed by atoms with van der Waals surface area (Å²) in [6.07, 6.45) is 0. The number of benzene rings is 3. The number of thioether (sulfide) groups is 1. The number of anilines is 3. The van der Waals surface area contributed by atoms with Gasteiger partial charge in [-0.2, -0.15) is 0 Å². The number of carbonyl (C=O) groups excluding carboxylic acids is 3. The lowest BCUT2D eigenvalue weighted by molar-refractivity contribution is -0.124. The minimum atomic E-state index is -1.23. The summed E-state index contributed by atoms with van der Waals surface area (Å²) in [6.45, 7) is 9.82. The second kappa shape index (κ2) is 8.82. The van der Waals surface area contributed by atoms with E-state index in [1.165, 1.54) is 16.7 Å². The second-order valence-corrected chi connectivity index (χ2v) is 10.8. The summed E-state index contributed by atoms with van der Waals surface area (Å²) >= 11 is 1.32. The smallest absolute Gasteiger partial charge is 0.269 e. The standard InChI is InChI=1S/C29H29N3O3S/c1-17-12-20(4)27(21(5)13-17)30-25(33)15-31-24-9-7-6-8-23(24)29(28(31)35)32(26(34)16-36-29)22-11-10-18(2)19(3)14-22/h6-14H,15-16H2,1-5H3,(H,30,33). The first-order chi connectivity index (χ1) is 17.1. The van der Waals surface area contributed by atoms with E-state index in [1.807, 2.05) is 89.2 Å². The van der Waals surface area contributed by atoms with Crippen LogP contribution >= 0.6 is 11.8 Å². The van der Waals surface area contributed by atoms with Crippen molar-refractivity contribution < 1.29 is 14.4 Å². The first-order valence-electron chi connectivity index (χ1n) is 12.0. The number of hydrogen-bond acceptors (Lipinski definition) is 4. The van der Waals surface area contributed by atoms with Crippen LogP contribution in [0.15, 0.2) is 54.6 Å². The Morgan fingerprint density at radius 1 is 0.917 bits per heavy atom. The van der Waals surface area contributed by atoms with Gasteiger partial charge in [-0.3, -0.25) is 24.2 Å². The fraction of sp³-hybridized carbons (Fsp3) is 0.276. The quantitative estimate of drug-likeness (QED) is 0.539. The second-order valence-electron chi connectivity index (χ2n) is 9.66. The van der Waals surface area contributed by atoms with Gasteiger partial charge >= 0.3 is 0 Å². The molecule has 3 aromatic rings. The number of amides is 3. The largest absolute Gasteiger partial charge is 0.324 e. The van der Waals surface area contributed by atoms with Gasteiger partial charge in [0.1, 0.15) is 6.54 Å². The first kappa shape index (κ1) is 24.1. The van der Waals surface area contributed by atoms with Crippen LogP contribution in [0.5, 0.6) is 0 Å². The van der Waals surface area contributed by atoms with E-state index in [4.69, 9.17) is 0 Å². The van der Waals surface area contributed by atoms with Crippen molar-refractivity contribution in [3.8, 4) is 0 Å². The van der Waals surface area contributed by atoms with Gasteiger partial charge in [-0.05, 0) is 75.1 Å². The molecule has 0 bridgehead atoms. The zero-order valence-electron chi connectivity index (χ0n) is 21.1. The number of rotatable bonds is 4. The highest BCUT2D eigenvalue weighted by Crippen LogP contribution is 2.55. The molecule has 184 valence electrons. The van der Waals surface area contributed by atoms with Crippen molar-refractivity contribution in [2.75, 3.05) is 27.4 Å². The van der Waals surface area contributed by atoms with Gasteiger partial charge in [0, 0.05) is 16.9 Å². The van der Waals surface area contributed by atoms with Crippen LogP contribution in [0.3, 0.4) is 0 Å². The average Bonchev–Trinajstić information content (AvgIpc) is 3.29. The van der Waals surface area contributed by atoms with E-state index in [0.29, 0.717) is 11.4 Å². The van der Waals surface area contributed by atoms with Crippen molar-refractivity contribution in [1.29, 1.82) is 0 Å². The number of fused-ring (bicyclic) bond motifs is 2. The molecule has 1 atom stereocenters. The van der Waals surface area contributed by atoms with Crippen molar-refractivity contribution in [3.05, 3.63) is 88.0 Å². The van der Waals surface area contributed by atoms with Crippen LogP contribution in [-0.2, 0) is 19.3 Å². The summed E-state index contributed by atoms with van der Waals surface area (Å²) in [4.78, 5) is 42.5. The maximum absolute atomic E-state index is 14.2. The summed E-state index contributed by atoms with van der Waals surface area (Å²) in [7, 11) is 0. The van der Waals surface area contributed by atoms with E-state index < -0.39 is 4.87 Å². The third kappa shape index (κ3) is 3.69. The first-order valence-corrected chi connectivity index (χ1v) is 13.0. The molecule has 2 heterocycles. The van der Waals surface area contributed by atoms with E-state index in [0.717, 1.165) is 39.1 Å². The zero-order valence-corrected chi connectivity index (χ0v) is 22.0. The molecule has 7 heteroatoms. The number of hydrogen-bond donors (Lipinski definition) is 1. The highest BCUT2D eigenvalue weighted by Gasteiger charge is 2.61. The SMILES string of the molecule is Cc1cc(C)c(NC(=O)CN2C(=O)C3(SCC(=O)N3c3ccc(C)c(C)c3)c3ccccc32)c(C)c1. The summed E-state index contributed by atoms with van der Waals surface area (Å²) < 4.78 is 0. The molecule has 3 aromatic carbocycles. The summed E-state index contributed by atoms with van der Waals surface area (Å²) in [6, 6.07) is 17.3. The molecule has 1 fully saturated rings. The molecule has 3 amide bonds. The van der Waals surface area contributed by atoms with Gasteiger partial charge < -0.3 is 5.32 Å². The molecule has 0 saturated carbocycles. The molecule has 36 heavy (non-hydrogen) atoms. The molecule has 5 rings (SSSR count). The van der Waals surface area contributed by atoms with E-state index in [9.17, 15) is 14.4 Å². The normalized spacial score (nSPS) is 18.8. The van der Waals surface area contributed by atoms with Gasteiger partial charge in [0.05, 0.1) is 11.4 Å². The molecule has 1 spiro atoms. The molecular weight excluding hydrogens is 470 g/mol. The molecule has 1 unspecified atom stereocenters. The Morgan fingerprint density at radius 3 is 2.31 bits per heavy atom. The summed E-state index contributed by atoms with van der Waals surface area (Å²) in [5.74, 6) is -0.486. The minimum absolute atomic E-state index is 0.122. The third-order valence-corrected chi connectivity index (χ3v) is 8.44. The molecule has 0 radical (unpaired) electrons. The van der Waals surface area contributed by atoms with Crippen LogP contribution in [0.1, 0.15) is 33.4 Å². The predicted molar refractivity (Wildman–Crippen MR) is 146 cm³/mol. The van der Waals surface area contributed by atoms with Crippen LogP contribution in [0.25, 0.3) is 0 Å². The monoisotopic (exact) mass is 499 g/mol. The molecular formula is C29H29N3O3S. The van der Waals surface area contributed by atoms with E-state index in [2.05, 4.69) is 5.32 Å². The molecule has 1 saturated heterocycles. The lowest BCUT2D eigenvalue weighted by Gasteiger charge is -2.33. The van der Waals surface area contributed by atoms with Crippen LogP contribution < -0.4 is 15.1 Å². The lowest BCUT2D eigenvalue weighted by Crippen LogP contribution is -2.51. The molecule has 2 aliphatic rings. The third-order valence-electron chi connectivity index (χ3n) is 7.06. The van der Waals surface area contributed by atoms with Gasteiger partial charge in [-0.1, -0.05) is 42.0 Å². The van der Waals surface area contributed by atoms with Crippen molar-refractivity contribution in [2.24, 2.45) is 0 Å². The summed E-state index contributed by atoms with van der Waals surface area (Å²) in [5, 5.41) is 3.01. The van der Waals surface area contributed by atoms with E-state index in [-0.39, 0.29) is 30.0 Å². The molecule has 0 aliphatic carbocycles. The minimum Gasteiger partial charge on any atom is -0.324 e. The zero-order chi connectivity index (χ0) is 25.8. The number of aryl methyl sites for hydroxylation is 5. The predicted octanol–water partition coefficient (Wildman–Crippen LogP) is 5.15. The van der Waals surface area contributed by atoms with Gasteiger partial charge in [0.15, 0.2) is 0 Å². The maximum atomic E-state index is 14.2. The molecule has 0 aromatic heterocycles. The van der Waals surface area contributed by atoms with Crippen LogP contribution in [0.4, 0.5) is 17.1 Å². The van der Waals surface area contributed by atoms with Crippen LogP contribution in [0.2, 0.25) is 0 Å². The Bertz CT molecular complexity index is 1410. The topological polar surface area (TPSA) is 69.7 Å². The van der Waals surface area contributed by atoms with E-state index in [1.54, 1.807) is 4.90 Å². The number of nitrogens with one attached hydrogen (secondary N) is 1. The number of carbonyl (C=O) groups is 3. The average molecular weight is 500 g/mol. The van der Waals surface area contributed by atoms with E-state index >= 15 is 0 Å². The van der Waals surface area contributed by atoms with Crippen molar-refractivity contribution in [2.45, 2.75) is 39.5 Å². The Kier molecular flexibility index (Phi) is 5.91. The summed E-state index contributed by atoms with van der Waals surface area (Å²) in [5.41, 5.74) is 8.09. The molecule has 6 nitrogen and oxygen atoms in total. The molecule has 2 aliphatic heterocycles. The maximum Gasteiger partial charge on any atom is 0.269 e. The Labute approximate surface area is 215 Å². The molecule has 1 N–H and O–H groups in total. The lowest BCUT2D eigenvalue weighted by atomic mass is 10.0.